The molecule has 48 heavy (non-hydrogen) atoms. The Morgan fingerprint density at radius 2 is 1.60 bits per heavy atom. The average Bonchev–Trinajstić information content (AvgIpc) is 3.04. The predicted molar refractivity (Wildman–Crippen MR) is 181 cm³/mol. The smallest absolute Gasteiger partial charge is 0.416 e. The standard InChI is InChI=1S/C37H50N4O7/c1-37(2,3)48-36(46)40(23-25-14-16-29(47-4)17-15-25)31-22-26(18-19-38-31)21-30-32(34(43)44)41(33(30)42)35(45)39-20-10-13-28(24-39)27-11-8-6-5-7-9-12-27/h14-19,22,27-28,30,32H,5-13,20-21,23-24H2,1-4H3,(H,43,44)/t28?,30-,32+/m1/s1. The van der Waals surface area contributed by atoms with E-state index >= 15 is 0 Å². The molecule has 1 aliphatic carbocycles. The molecule has 1 unspecified atom stereocenters. The summed E-state index contributed by atoms with van der Waals surface area (Å²) in [6, 6.07) is 8.91. The number of hydrogen-bond donors (Lipinski definition) is 1. The second-order valence-corrected chi connectivity index (χ2v) is 14.5. The number of ether oxygens (including phenoxy) is 2. The number of urea groups is 1. The summed E-state index contributed by atoms with van der Waals surface area (Å²) in [6.45, 7) is 6.62. The zero-order chi connectivity index (χ0) is 34.4. The van der Waals surface area contributed by atoms with Gasteiger partial charge >= 0.3 is 18.1 Å². The van der Waals surface area contributed by atoms with E-state index in [1.165, 1.54) is 56.0 Å². The number of hydrogen-bond acceptors (Lipinski definition) is 7. The zero-order valence-electron chi connectivity index (χ0n) is 28.7. The molecule has 3 aliphatic rings. The first-order valence-corrected chi connectivity index (χ1v) is 17.4. The minimum Gasteiger partial charge on any atom is -0.497 e. The van der Waals surface area contributed by atoms with Crippen LogP contribution in [0.4, 0.5) is 15.4 Å². The summed E-state index contributed by atoms with van der Waals surface area (Å²) in [7, 11) is 1.58. The number of pyridine rings is 1. The first kappa shape index (κ1) is 35.2. The molecule has 2 aliphatic heterocycles. The van der Waals surface area contributed by atoms with E-state index < -0.39 is 41.6 Å². The molecule has 11 heteroatoms. The Morgan fingerprint density at radius 1 is 0.938 bits per heavy atom. The molecular weight excluding hydrogens is 612 g/mol. The summed E-state index contributed by atoms with van der Waals surface area (Å²) >= 11 is 0. The van der Waals surface area contributed by atoms with Crippen molar-refractivity contribution in [2.75, 3.05) is 25.1 Å². The van der Waals surface area contributed by atoms with Crippen LogP contribution in [0.5, 0.6) is 5.75 Å². The fourth-order valence-electron chi connectivity index (χ4n) is 7.38. The molecule has 1 aromatic carbocycles. The number of amides is 4. The fourth-order valence-corrected chi connectivity index (χ4v) is 7.38. The Hall–Kier alpha value is -4.15. The van der Waals surface area contributed by atoms with Crippen molar-refractivity contribution in [3.63, 3.8) is 0 Å². The Bertz CT molecular complexity index is 1450. The Labute approximate surface area is 283 Å². The maximum Gasteiger partial charge on any atom is 0.416 e. The van der Waals surface area contributed by atoms with Crippen LogP contribution in [0.3, 0.4) is 0 Å². The van der Waals surface area contributed by atoms with Crippen LogP contribution in [-0.2, 0) is 27.3 Å². The number of imide groups is 1. The number of piperidine rings is 1. The van der Waals surface area contributed by atoms with Gasteiger partial charge in [-0.1, -0.05) is 57.1 Å². The van der Waals surface area contributed by atoms with Crippen LogP contribution in [0, 0.1) is 17.8 Å². The quantitative estimate of drug-likeness (QED) is 0.310. The minimum atomic E-state index is -1.26. The fraction of sp³-hybridized carbons (Fsp3) is 0.595. The normalized spacial score (nSPS) is 22.2. The number of carbonyl (C=O) groups excluding carboxylic acids is 3. The third-order valence-electron chi connectivity index (χ3n) is 9.87. The van der Waals surface area contributed by atoms with E-state index in [0.29, 0.717) is 42.1 Å². The highest BCUT2D eigenvalue weighted by Crippen LogP contribution is 2.36. The zero-order valence-corrected chi connectivity index (χ0v) is 28.7. The number of aliphatic carboxylic acids is 1. The largest absolute Gasteiger partial charge is 0.497 e. The molecule has 11 nitrogen and oxygen atoms in total. The molecule has 1 saturated carbocycles. The van der Waals surface area contributed by atoms with Gasteiger partial charge in [0.1, 0.15) is 17.2 Å². The summed E-state index contributed by atoms with van der Waals surface area (Å²) in [6.07, 6.45) is 11.6. The van der Waals surface area contributed by atoms with Crippen LogP contribution < -0.4 is 9.64 Å². The minimum absolute atomic E-state index is 0.0878. The van der Waals surface area contributed by atoms with Crippen molar-refractivity contribution in [3.8, 4) is 5.75 Å². The van der Waals surface area contributed by atoms with Gasteiger partial charge in [-0.05, 0) is 87.3 Å². The van der Waals surface area contributed by atoms with Gasteiger partial charge in [-0.3, -0.25) is 9.69 Å². The third kappa shape index (κ3) is 8.46. The van der Waals surface area contributed by atoms with Gasteiger partial charge in [0, 0.05) is 19.3 Å². The van der Waals surface area contributed by atoms with E-state index in [1.807, 2.05) is 12.1 Å². The summed E-state index contributed by atoms with van der Waals surface area (Å²) in [5.41, 5.74) is 0.694. The number of carbonyl (C=O) groups is 4. The number of β-lactam (4-membered cyclic amide) rings is 1. The molecule has 0 radical (unpaired) electrons. The lowest BCUT2D eigenvalue weighted by Crippen LogP contribution is -2.69. The van der Waals surface area contributed by atoms with Crippen LogP contribution in [0.2, 0.25) is 0 Å². The molecule has 1 aromatic heterocycles. The molecule has 2 saturated heterocycles. The van der Waals surface area contributed by atoms with Gasteiger partial charge in [0.2, 0.25) is 5.91 Å². The van der Waals surface area contributed by atoms with E-state index in [2.05, 4.69) is 4.98 Å². The molecule has 0 spiro atoms. The lowest BCUT2D eigenvalue weighted by atomic mass is 9.78. The molecule has 0 bridgehead atoms. The van der Waals surface area contributed by atoms with E-state index in [-0.39, 0.29) is 13.0 Å². The van der Waals surface area contributed by atoms with Gasteiger partial charge in [0.05, 0.1) is 19.6 Å². The van der Waals surface area contributed by atoms with Crippen molar-refractivity contribution in [3.05, 3.63) is 53.7 Å². The number of rotatable bonds is 8. The number of carboxylic acids is 1. The van der Waals surface area contributed by atoms with Crippen molar-refractivity contribution < 1.29 is 33.8 Å². The number of aromatic nitrogens is 1. The van der Waals surface area contributed by atoms with Crippen LogP contribution in [0.1, 0.15) is 89.7 Å². The van der Waals surface area contributed by atoms with E-state index in [1.54, 1.807) is 57.0 Å². The lowest BCUT2D eigenvalue weighted by Gasteiger charge is -2.47. The lowest BCUT2D eigenvalue weighted by molar-refractivity contribution is -0.166. The molecule has 5 rings (SSSR count). The molecule has 3 heterocycles. The van der Waals surface area contributed by atoms with Crippen molar-refractivity contribution in [1.82, 2.24) is 14.8 Å². The summed E-state index contributed by atoms with van der Waals surface area (Å²) in [4.78, 5) is 61.6. The maximum absolute atomic E-state index is 13.7. The molecule has 2 aromatic rings. The molecule has 4 amide bonds. The van der Waals surface area contributed by atoms with Crippen molar-refractivity contribution >= 4 is 29.8 Å². The number of nitrogens with zero attached hydrogens (tertiary/aromatic N) is 4. The molecule has 1 N–H and O–H groups in total. The Balaban J connectivity index is 1.30. The highest BCUT2D eigenvalue weighted by molar-refractivity contribution is 6.07. The number of benzene rings is 1. The van der Waals surface area contributed by atoms with Crippen molar-refractivity contribution in [2.45, 2.75) is 103 Å². The Morgan fingerprint density at radius 3 is 2.25 bits per heavy atom. The second-order valence-electron chi connectivity index (χ2n) is 14.5. The predicted octanol–water partition coefficient (Wildman–Crippen LogP) is 6.68. The average molecular weight is 663 g/mol. The number of likely N-dealkylation sites (tertiary alicyclic amines) is 2. The van der Waals surface area contributed by atoms with Crippen LogP contribution >= 0.6 is 0 Å². The van der Waals surface area contributed by atoms with Crippen molar-refractivity contribution in [1.29, 1.82) is 0 Å². The van der Waals surface area contributed by atoms with E-state index in [0.717, 1.165) is 23.3 Å². The maximum atomic E-state index is 13.7. The van der Waals surface area contributed by atoms with Gasteiger partial charge < -0.3 is 19.5 Å². The SMILES string of the molecule is COc1ccc(CN(C(=O)OC(C)(C)C)c2cc(C[C@H]3C(=O)N(C(=O)N4CCCC(C5CCCCCCC5)C4)[C@@H]3C(=O)O)ccn2)cc1. The van der Waals surface area contributed by atoms with Gasteiger partial charge in [0.15, 0.2) is 6.04 Å². The second kappa shape index (κ2) is 15.4. The van der Waals surface area contributed by atoms with Gasteiger partial charge in [0.25, 0.3) is 0 Å². The first-order valence-electron chi connectivity index (χ1n) is 17.4. The third-order valence-corrected chi connectivity index (χ3v) is 9.87. The summed E-state index contributed by atoms with van der Waals surface area (Å²) in [5.74, 6) is -0.656. The van der Waals surface area contributed by atoms with Crippen molar-refractivity contribution in [2.24, 2.45) is 17.8 Å². The highest BCUT2D eigenvalue weighted by atomic mass is 16.6. The molecule has 3 fully saturated rings. The monoisotopic (exact) mass is 662 g/mol. The summed E-state index contributed by atoms with van der Waals surface area (Å²) < 4.78 is 10.9. The highest BCUT2D eigenvalue weighted by Gasteiger charge is 2.56. The summed E-state index contributed by atoms with van der Waals surface area (Å²) in [5, 5.41) is 10.2. The number of anilines is 1. The molecular formula is C37H50N4O7. The van der Waals surface area contributed by atoms with E-state index in [4.69, 9.17) is 9.47 Å². The van der Waals surface area contributed by atoms with Gasteiger partial charge in [-0.25, -0.2) is 24.3 Å². The van der Waals surface area contributed by atoms with Gasteiger partial charge in [-0.2, -0.15) is 0 Å². The number of carboxylic acid groups (broad SMARTS) is 1. The topological polar surface area (TPSA) is 130 Å². The van der Waals surface area contributed by atoms with Crippen LogP contribution in [-0.4, -0.2) is 75.7 Å². The van der Waals surface area contributed by atoms with Gasteiger partial charge in [-0.15, -0.1) is 0 Å². The van der Waals surface area contributed by atoms with E-state index in [9.17, 15) is 24.3 Å². The first-order chi connectivity index (χ1) is 22.9. The molecule has 260 valence electrons. The number of methoxy groups -OCH3 is 1. The molecule has 3 atom stereocenters. The van der Waals surface area contributed by atoms with Crippen LogP contribution in [0.15, 0.2) is 42.6 Å². The van der Waals surface area contributed by atoms with Crippen LogP contribution in [0.25, 0.3) is 0 Å². The Kier molecular flexibility index (Phi) is 11.3.